The fraction of sp³-hybridized carbons (Fsp3) is 0.130. The molecule has 1 aliphatic heterocycles. The Morgan fingerprint density at radius 3 is 2.06 bits per heavy atom. The van der Waals surface area contributed by atoms with Crippen molar-refractivity contribution in [3.63, 3.8) is 0 Å². The van der Waals surface area contributed by atoms with Crippen LogP contribution < -0.4 is 5.32 Å². The van der Waals surface area contributed by atoms with E-state index in [4.69, 9.17) is 51.1 Å². The summed E-state index contributed by atoms with van der Waals surface area (Å²) in [5.41, 5.74) is 0.0458. The summed E-state index contributed by atoms with van der Waals surface area (Å²) in [4.78, 5) is 51.3. The second-order valence-electron chi connectivity index (χ2n) is 7.34. The third-order valence-electron chi connectivity index (χ3n) is 5.27. The van der Waals surface area contributed by atoms with E-state index in [2.05, 4.69) is 5.32 Å². The number of carbonyl (C=O) groups excluding carboxylic acids is 4. The van der Waals surface area contributed by atoms with E-state index in [1.807, 2.05) is 30.3 Å². The fourth-order valence-corrected chi connectivity index (χ4v) is 4.62. The summed E-state index contributed by atoms with van der Waals surface area (Å²) in [5.74, 6) is -3.33. The van der Waals surface area contributed by atoms with Gasteiger partial charge in [0.25, 0.3) is 17.7 Å². The second kappa shape index (κ2) is 9.43. The maximum atomic E-state index is 12.9. The van der Waals surface area contributed by atoms with Gasteiger partial charge in [-0.05, 0) is 18.4 Å². The number of esters is 1. The molecule has 3 aromatic rings. The van der Waals surface area contributed by atoms with Crippen molar-refractivity contribution in [2.45, 2.75) is 13.0 Å². The number of hydrogen-bond acceptors (Lipinski definition) is 5. The number of carbonyl (C=O) groups is 4. The Morgan fingerprint density at radius 2 is 1.44 bits per heavy atom. The first-order chi connectivity index (χ1) is 16.1. The first kappa shape index (κ1) is 24.3. The van der Waals surface area contributed by atoms with Crippen molar-refractivity contribution in [1.82, 2.24) is 4.90 Å². The highest BCUT2D eigenvalue weighted by Crippen LogP contribution is 2.45. The molecule has 0 fully saturated rings. The molecule has 3 amide bonds. The normalized spacial score (nSPS) is 13.7. The standard InChI is InChI=1S/C23H14Cl4N2O5/c1-10(29-21(31)15-16(22(29)32)18(25)20(27)19(26)17(15)24)23(33)34-9-14(30)28-13-8-4-6-11-5-2-3-7-12(11)13/h2-8,10H,9H2,1H3,(H,28,30)/t10-/m1/s1. The van der Waals surface area contributed by atoms with Crippen LogP contribution in [-0.2, 0) is 14.3 Å². The molecule has 0 radical (unpaired) electrons. The number of halogens is 4. The Balaban J connectivity index is 1.46. The summed E-state index contributed by atoms with van der Waals surface area (Å²) < 4.78 is 5.05. The first-order valence-electron chi connectivity index (χ1n) is 9.81. The SMILES string of the molecule is C[C@H](C(=O)OCC(=O)Nc1cccc2ccccc12)N1C(=O)c2c(Cl)c(Cl)c(Cl)c(Cl)c2C1=O. The number of nitrogens with one attached hydrogen (secondary N) is 1. The molecule has 174 valence electrons. The molecule has 1 heterocycles. The van der Waals surface area contributed by atoms with Gasteiger partial charge in [-0.2, -0.15) is 0 Å². The number of benzene rings is 3. The molecule has 0 aliphatic carbocycles. The van der Waals surface area contributed by atoms with Gasteiger partial charge in [0.15, 0.2) is 6.61 Å². The van der Waals surface area contributed by atoms with E-state index in [1.54, 1.807) is 12.1 Å². The summed E-state index contributed by atoms with van der Waals surface area (Å²) in [6.07, 6.45) is 0. The van der Waals surface area contributed by atoms with E-state index in [1.165, 1.54) is 6.92 Å². The van der Waals surface area contributed by atoms with Crippen molar-refractivity contribution in [2.24, 2.45) is 0 Å². The molecule has 3 aromatic carbocycles. The molecule has 0 unspecified atom stereocenters. The third kappa shape index (κ3) is 4.09. The predicted octanol–water partition coefficient (Wildman–Crippen LogP) is 5.62. The summed E-state index contributed by atoms with van der Waals surface area (Å²) in [6.45, 7) is 0.645. The number of imide groups is 1. The summed E-state index contributed by atoms with van der Waals surface area (Å²) in [6, 6.07) is 11.5. The lowest BCUT2D eigenvalue weighted by atomic mass is 10.1. The Morgan fingerprint density at radius 1 is 0.882 bits per heavy atom. The molecular formula is C23H14Cl4N2O5. The van der Waals surface area contributed by atoms with Gasteiger partial charge in [0.2, 0.25) is 0 Å². The minimum absolute atomic E-state index is 0.185. The molecule has 1 aliphatic rings. The van der Waals surface area contributed by atoms with Gasteiger partial charge < -0.3 is 10.1 Å². The smallest absolute Gasteiger partial charge is 0.329 e. The van der Waals surface area contributed by atoms with Crippen LogP contribution in [0.5, 0.6) is 0 Å². The Kier molecular flexibility index (Phi) is 6.73. The Hall–Kier alpha value is -2.84. The number of amides is 3. The van der Waals surface area contributed by atoms with Gasteiger partial charge in [0, 0.05) is 11.1 Å². The summed E-state index contributed by atoms with van der Waals surface area (Å²) in [5, 5.41) is 3.55. The average Bonchev–Trinajstić information content (AvgIpc) is 3.09. The molecule has 1 atom stereocenters. The molecule has 7 nitrogen and oxygen atoms in total. The van der Waals surface area contributed by atoms with E-state index >= 15 is 0 Å². The van der Waals surface area contributed by atoms with E-state index in [0.29, 0.717) is 10.6 Å². The molecule has 0 aromatic heterocycles. The zero-order valence-corrected chi connectivity index (χ0v) is 20.3. The predicted molar refractivity (Wildman–Crippen MR) is 130 cm³/mol. The van der Waals surface area contributed by atoms with Crippen LogP contribution in [-0.4, -0.2) is 41.2 Å². The molecule has 1 N–H and O–H groups in total. The van der Waals surface area contributed by atoms with E-state index in [-0.39, 0.29) is 31.2 Å². The van der Waals surface area contributed by atoms with Gasteiger partial charge in [-0.3, -0.25) is 19.3 Å². The van der Waals surface area contributed by atoms with Crippen molar-refractivity contribution >= 4 is 86.6 Å². The van der Waals surface area contributed by atoms with E-state index in [0.717, 1.165) is 10.8 Å². The van der Waals surface area contributed by atoms with Crippen LogP contribution in [0.15, 0.2) is 42.5 Å². The number of rotatable bonds is 5. The summed E-state index contributed by atoms with van der Waals surface area (Å²) >= 11 is 24.2. The lowest BCUT2D eigenvalue weighted by Gasteiger charge is -2.20. The van der Waals surface area contributed by atoms with Crippen molar-refractivity contribution in [3.8, 4) is 0 Å². The molecule has 11 heteroatoms. The maximum absolute atomic E-state index is 12.9. The maximum Gasteiger partial charge on any atom is 0.329 e. The van der Waals surface area contributed by atoms with Crippen LogP contribution >= 0.6 is 46.4 Å². The molecule has 4 rings (SSSR count). The Labute approximate surface area is 213 Å². The van der Waals surface area contributed by atoms with Gasteiger partial charge in [-0.15, -0.1) is 0 Å². The quantitative estimate of drug-likeness (QED) is 0.196. The third-order valence-corrected chi connectivity index (χ3v) is 7.07. The highest BCUT2D eigenvalue weighted by molar-refractivity contribution is 6.55. The van der Waals surface area contributed by atoms with E-state index < -0.39 is 36.3 Å². The lowest BCUT2D eigenvalue weighted by molar-refractivity contribution is -0.150. The van der Waals surface area contributed by atoms with Crippen LogP contribution in [0.25, 0.3) is 10.8 Å². The van der Waals surface area contributed by atoms with Crippen molar-refractivity contribution < 1.29 is 23.9 Å². The topological polar surface area (TPSA) is 92.8 Å². The van der Waals surface area contributed by atoms with Crippen molar-refractivity contribution in [3.05, 3.63) is 73.7 Å². The van der Waals surface area contributed by atoms with Crippen molar-refractivity contribution in [1.29, 1.82) is 0 Å². The van der Waals surface area contributed by atoms with Gasteiger partial charge in [0.1, 0.15) is 6.04 Å². The number of anilines is 1. The second-order valence-corrected chi connectivity index (χ2v) is 8.86. The first-order valence-corrected chi connectivity index (χ1v) is 11.3. The highest BCUT2D eigenvalue weighted by atomic mass is 35.5. The van der Waals surface area contributed by atoms with Crippen LogP contribution in [0, 0.1) is 0 Å². The molecule has 0 bridgehead atoms. The minimum Gasteiger partial charge on any atom is -0.454 e. The highest BCUT2D eigenvalue weighted by Gasteiger charge is 2.45. The fourth-order valence-electron chi connectivity index (χ4n) is 3.60. The number of ether oxygens (including phenoxy) is 1. The van der Waals surface area contributed by atoms with Crippen LogP contribution in [0.3, 0.4) is 0 Å². The molecule has 0 saturated heterocycles. The molecule has 0 saturated carbocycles. The largest absolute Gasteiger partial charge is 0.454 e. The van der Waals surface area contributed by atoms with Gasteiger partial charge >= 0.3 is 5.97 Å². The average molecular weight is 540 g/mol. The van der Waals surface area contributed by atoms with Crippen LogP contribution in [0.4, 0.5) is 5.69 Å². The van der Waals surface area contributed by atoms with Gasteiger partial charge in [-0.25, -0.2) is 4.79 Å². The van der Waals surface area contributed by atoms with Crippen molar-refractivity contribution in [2.75, 3.05) is 11.9 Å². The number of hydrogen-bond donors (Lipinski definition) is 1. The van der Waals surface area contributed by atoms with Crippen LogP contribution in [0.2, 0.25) is 20.1 Å². The van der Waals surface area contributed by atoms with Crippen LogP contribution in [0.1, 0.15) is 27.6 Å². The summed E-state index contributed by atoms with van der Waals surface area (Å²) in [7, 11) is 0. The molecule has 0 spiro atoms. The molecule has 34 heavy (non-hydrogen) atoms. The molecular weight excluding hydrogens is 526 g/mol. The van der Waals surface area contributed by atoms with Gasteiger partial charge in [0.05, 0.1) is 31.2 Å². The Bertz CT molecular complexity index is 1340. The lowest BCUT2D eigenvalue weighted by Crippen LogP contribution is -2.44. The number of nitrogens with zero attached hydrogens (tertiary/aromatic N) is 1. The van der Waals surface area contributed by atoms with E-state index in [9.17, 15) is 19.2 Å². The zero-order valence-electron chi connectivity index (χ0n) is 17.3. The minimum atomic E-state index is -1.37. The van der Waals surface area contributed by atoms with Gasteiger partial charge in [-0.1, -0.05) is 82.8 Å². The zero-order chi connectivity index (χ0) is 24.7. The monoisotopic (exact) mass is 538 g/mol. The number of fused-ring (bicyclic) bond motifs is 2.